The molecular weight excluding hydrogens is 296 g/mol. The lowest BCUT2D eigenvalue weighted by Gasteiger charge is -2.36. The van der Waals surface area contributed by atoms with Gasteiger partial charge < -0.3 is 14.2 Å². The zero-order valence-corrected chi connectivity index (χ0v) is 14.0. The molecule has 0 radical (unpaired) electrons. The molecule has 1 aliphatic heterocycles. The molecule has 1 atom stereocenters. The highest BCUT2D eigenvalue weighted by Gasteiger charge is 2.44. The van der Waals surface area contributed by atoms with Gasteiger partial charge in [0, 0.05) is 13.0 Å². The Morgan fingerprint density at radius 1 is 1.35 bits per heavy atom. The number of rotatable bonds is 7. The first-order valence-electron chi connectivity index (χ1n) is 8.01. The van der Waals surface area contributed by atoms with Gasteiger partial charge in [-0.05, 0) is 18.6 Å². The summed E-state index contributed by atoms with van der Waals surface area (Å²) in [5.74, 6) is 0.783. The lowest BCUT2D eigenvalue weighted by atomic mass is 9.75. The van der Waals surface area contributed by atoms with Crippen LogP contribution in [-0.4, -0.2) is 32.1 Å². The Bertz CT molecular complexity index is 581. The molecular formula is C18H24O5. The number of methoxy groups -OCH3 is 1. The Labute approximate surface area is 136 Å². The molecule has 126 valence electrons. The molecule has 0 spiro atoms. The number of unbranched alkanes of at least 4 members (excludes halogenated alkanes) is 2. The summed E-state index contributed by atoms with van der Waals surface area (Å²) in [5, 5.41) is 0. The molecule has 1 heterocycles. The van der Waals surface area contributed by atoms with Crippen LogP contribution in [0.4, 0.5) is 0 Å². The van der Waals surface area contributed by atoms with E-state index < -0.39 is 5.41 Å². The van der Waals surface area contributed by atoms with E-state index in [-0.39, 0.29) is 25.0 Å². The van der Waals surface area contributed by atoms with Crippen molar-refractivity contribution in [2.24, 2.45) is 5.41 Å². The van der Waals surface area contributed by atoms with Crippen LogP contribution in [0.5, 0.6) is 11.5 Å². The Balaban J connectivity index is 2.27. The number of benzene rings is 1. The predicted octanol–water partition coefficient (Wildman–Crippen LogP) is 3.40. The van der Waals surface area contributed by atoms with Crippen molar-refractivity contribution in [2.75, 3.05) is 20.3 Å². The van der Waals surface area contributed by atoms with Gasteiger partial charge in [-0.1, -0.05) is 26.2 Å². The zero-order chi connectivity index (χ0) is 16.9. The van der Waals surface area contributed by atoms with Crippen molar-refractivity contribution < 1.29 is 23.8 Å². The van der Waals surface area contributed by atoms with E-state index in [1.54, 1.807) is 25.3 Å². The van der Waals surface area contributed by atoms with Crippen LogP contribution in [0.3, 0.4) is 0 Å². The van der Waals surface area contributed by atoms with Gasteiger partial charge in [-0.15, -0.1) is 0 Å². The average molecular weight is 320 g/mol. The Morgan fingerprint density at radius 2 is 2.13 bits per heavy atom. The lowest BCUT2D eigenvalue weighted by Crippen LogP contribution is -2.45. The fourth-order valence-corrected chi connectivity index (χ4v) is 2.82. The highest BCUT2D eigenvalue weighted by Crippen LogP contribution is 2.40. The van der Waals surface area contributed by atoms with Crippen LogP contribution < -0.4 is 9.47 Å². The van der Waals surface area contributed by atoms with Crippen LogP contribution in [-0.2, 0) is 9.53 Å². The number of esters is 1. The second kappa shape index (κ2) is 7.49. The third-order valence-electron chi connectivity index (χ3n) is 4.23. The topological polar surface area (TPSA) is 61.8 Å². The van der Waals surface area contributed by atoms with Gasteiger partial charge >= 0.3 is 5.97 Å². The molecule has 1 aliphatic rings. The van der Waals surface area contributed by atoms with Crippen LogP contribution >= 0.6 is 0 Å². The summed E-state index contributed by atoms with van der Waals surface area (Å²) in [6.45, 7) is 3.76. The highest BCUT2D eigenvalue weighted by atomic mass is 16.5. The summed E-state index contributed by atoms with van der Waals surface area (Å²) in [6.07, 6.45) is 3.65. The number of Topliss-reactive ketones (excluding diaryl/α,β-unsaturated/α-hetero) is 1. The smallest absolute Gasteiger partial charge is 0.302 e. The molecule has 1 aromatic carbocycles. The van der Waals surface area contributed by atoms with E-state index in [1.165, 1.54) is 6.92 Å². The van der Waals surface area contributed by atoms with E-state index in [2.05, 4.69) is 6.92 Å². The fourth-order valence-electron chi connectivity index (χ4n) is 2.82. The molecule has 2 rings (SSSR count). The van der Waals surface area contributed by atoms with E-state index in [4.69, 9.17) is 14.2 Å². The number of carbonyl (C=O) groups is 2. The second-order valence-electron chi connectivity index (χ2n) is 6.00. The molecule has 0 aliphatic carbocycles. The predicted molar refractivity (Wildman–Crippen MR) is 86.0 cm³/mol. The Kier molecular flexibility index (Phi) is 5.64. The van der Waals surface area contributed by atoms with Crippen molar-refractivity contribution in [1.29, 1.82) is 0 Å². The zero-order valence-electron chi connectivity index (χ0n) is 14.0. The van der Waals surface area contributed by atoms with E-state index in [1.807, 2.05) is 0 Å². The summed E-state index contributed by atoms with van der Waals surface area (Å²) in [5.41, 5.74) is -0.261. The molecule has 5 nitrogen and oxygen atoms in total. The molecule has 0 saturated heterocycles. The minimum atomic E-state index is -0.789. The maximum absolute atomic E-state index is 13.0. The first-order chi connectivity index (χ1) is 11.0. The second-order valence-corrected chi connectivity index (χ2v) is 6.00. The molecule has 5 heteroatoms. The highest BCUT2D eigenvalue weighted by molar-refractivity contribution is 6.04. The number of carbonyl (C=O) groups excluding carboxylic acids is 2. The monoisotopic (exact) mass is 320 g/mol. The molecule has 0 amide bonds. The molecule has 1 aromatic rings. The Hall–Kier alpha value is -2.04. The average Bonchev–Trinajstić information content (AvgIpc) is 2.55. The molecule has 0 aromatic heterocycles. The minimum absolute atomic E-state index is 0.0150. The van der Waals surface area contributed by atoms with Crippen molar-refractivity contribution in [2.45, 2.75) is 39.5 Å². The van der Waals surface area contributed by atoms with Crippen LogP contribution in [0.15, 0.2) is 18.2 Å². The van der Waals surface area contributed by atoms with E-state index in [9.17, 15) is 9.59 Å². The fraction of sp³-hybridized carbons (Fsp3) is 0.556. The van der Waals surface area contributed by atoms with Crippen LogP contribution in [0.1, 0.15) is 49.9 Å². The van der Waals surface area contributed by atoms with Gasteiger partial charge in [0.15, 0.2) is 5.78 Å². The molecule has 23 heavy (non-hydrogen) atoms. The molecule has 0 bridgehead atoms. The number of fused-ring (bicyclic) bond motifs is 1. The third-order valence-corrected chi connectivity index (χ3v) is 4.23. The van der Waals surface area contributed by atoms with Crippen molar-refractivity contribution in [3.8, 4) is 11.5 Å². The van der Waals surface area contributed by atoms with E-state index >= 15 is 0 Å². The van der Waals surface area contributed by atoms with Gasteiger partial charge in [0.05, 0.1) is 12.7 Å². The van der Waals surface area contributed by atoms with E-state index in [0.29, 0.717) is 23.5 Å². The SMILES string of the molecule is CCCCCC1(COC(C)=O)COc2cc(OC)ccc2C1=O. The maximum Gasteiger partial charge on any atom is 0.302 e. The van der Waals surface area contributed by atoms with Gasteiger partial charge in [0.1, 0.15) is 30.1 Å². The first kappa shape index (κ1) is 17.3. The summed E-state index contributed by atoms with van der Waals surface area (Å²) >= 11 is 0. The van der Waals surface area contributed by atoms with Gasteiger partial charge in [-0.3, -0.25) is 9.59 Å². The molecule has 0 N–H and O–H groups in total. The number of hydrogen-bond donors (Lipinski definition) is 0. The summed E-state index contributed by atoms with van der Waals surface area (Å²) in [6, 6.07) is 5.18. The van der Waals surface area contributed by atoms with Gasteiger partial charge in [-0.2, -0.15) is 0 Å². The molecule has 0 fully saturated rings. The number of hydrogen-bond acceptors (Lipinski definition) is 5. The Morgan fingerprint density at radius 3 is 2.78 bits per heavy atom. The quantitative estimate of drug-likeness (QED) is 0.569. The van der Waals surface area contributed by atoms with Crippen molar-refractivity contribution in [3.05, 3.63) is 23.8 Å². The van der Waals surface area contributed by atoms with Gasteiger partial charge in [0.2, 0.25) is 0 Å². The van der Waals surface area contributed by atoms with Gasteiger partial charge in [-0.25, -0.2) is 0 Å². The maximum atomic E-state index is 13.0. The summed E-state index contributed by atoms with van der Waals surface area (Å²) < 4.78 is 16.2. The number of ketones is 1. The minimum Gasteiger partial charge on any atom is -0.497 e. The van der Waals surface area contributed by atoms with E-state index in [0.717, 1.165) is 19.3 Å². The molecule has 0 saturated carbocycles. The lowest BCUT2D eigenvalue weighted by molar-refractivity contribution is -0.144. The molecule has 1 unspecified atom stereocenters. The standard InChI is InChI=1S/C18H24O5/c1-4-5-6-9-18(11-22-13(2)19)12-23-16-10-14(21-3)7-8-15(16)17(18)20/h7-8,10H,4-6,9,11-12H2,1-3H3. The normalized spacial score (nSPS) is 19.7. The van der Waals surface area contributed by atoms with Crippen LogP contribution in [0.25, 0.3) is 0 Å². The largest absolute Gasteiger partial charge is 0.497 e. The van der Waals surface area contributed by atoms with Crippen molar-refractivity contribution >= 4 is 11.8 Å². The van der Waals surface area contributed by atoms with Gasteiger partial charge in [0.25, 0.3) is 0 Å². The van der Waals surface area contributed by atoms with Crippen LogP contribution in [0, 0.1) is 5.41 Å². The summed E-state index contributed by atoms with van der Waals surface area (Å²) in [4.78, 5) is 24.2. The first-order valence-corrected chi connectivity index (χ1v) is 8.01. The van der Waals surface area contributed by atoms with Crippen LogP contribution in [0.2, 0.25) is 0 Å². The third kappa shape index (κ3) is 3.84. The van der Waals surface area contributed by atoms with Crippen molar-refractivity contribution in [1.82, 2.24) is 0 Å². The van der Waals surface area contributed by atoms with Crippen molar-refractivity contribution in [3.63, 3.8) is 0 Å². The number of ether oxygens (including phenoxy) is 3. The summed E-state index contributed by atoms with van der Waals surface area (Å²) in [7, 11) is 1.57.